The number of anilines is 1. The molecule has 12 heteroatoms. The van der Waals surface area contributed by atoms with Gasteiger partial charge in [0.15, 0.2) is 5.69 Å². The Kier molecular flexibility index (Phi) is 5.97. The molecule has 0 atom stereocenters. The predicted octanol–water partition coefficient (Wildman–Crippen LogP) is 2.18. The van der Waals surface area contributed by atoms with E-state index >= 15 is 0 Å². The molecule has 0 saturated carbocycles. The maximum Gasteiger partial charge on any atom is 0.416 e. The molecule has 144 valence electrons. The van der Waals surface area contributed by atoms with Crippen LogP contribution in [0.5, 0.6) is 0 Å². The van der Waals surface area contributed by atoms with Gasteiger partial charge in [0.1, 0.15) is 0 Å². The quantitative estimate of drug-likeness (QED) is 0.598. The van der Waals surface area contributed by atoms with Crippen molar-refractivity contribution in [2.75, 3.05) is 51.6 Å². The van der Waals surface area contributed by atoms with Crippen LogP contribution in [0.15, 0.2) is 12.1 Å². The minimum atomic E-state index is -4.92. The van der Waals surface area contributed by atoms with Gasteiger partial charge in [-0.05, 0) is 7.05 Å². The maximum absolute atomic E-state index is 12.9. The smallest absolute Gasteiger partial charge is 0.373 e. The van der Waals surface area contributed by atoms with Crippen LogP contribution in [0, 0.1) is 20.2 Å². The second-order valence-corrected chi connectivity index (χ2v) is 5.97. The third-order valence-corrected chi connectivity index (χ3v) is 4.14. The normalized spacial score (nSPS) is 16.5. The van der Waals surface area contributed by atoms with E-state index in [1.165, 1.54) is 0 Å². The lowest BCUT2D eigenvalue weighted by Gasteiger charge is -2.32. The van der Waals surface area contributed by atoms with Gasteiger partial charge in [0.05, 0.1) is 15.4 Å². The topological polar surface area (TPSA) is 105 Å². The Morgan fingerprint density at radius 3 is 2.00 bits per heavy atom. The summed E-state index contributed by atoms with van der Waals surface area (Å²) in [7, 11) is 1.98. The van der Waals surface area contributed by atoms with Crippen molar-refractivity contribution in [1.29, 1.82) is 0 Å². The van der Waals surface area contributed by atoms with Crippen molar-refractivity contribution in [2.45, 2.75) is 6.18 Å². The highest BCUT2D eigenvalue weighted by Gasteiger charge is 2.37. The van der Waals surface area contributed by atoms with E-state index in [0.29, 0.717) is 18.7 Å². The summed E-state index contributed by atoms with van der Waals surface area (Å²) in [5.74, 6) is 0. The summed E-state index contributed by atoms with van der Waals surface area (Å²) in [6.45, 7) is 3.84. The Hall–Kier alpha value is -2.47. The number of halogens is 3. The summed E-state index contributed by atoms with van der Waals surface area (Å²) < 4.78 is 38.6. The number of nitrogens with one attached hydrogen (secondary N) is 1. The molecule has 0 aromatic heterocycles. The number of alkyl halides is 3. The number of benzene rings is 1. The van der Waals surface area contributed by atoms with Crippen molar-refractivity contribution < 1.29 is 23.0 Å². The highest BCUT2D eigenvalue weighted by atomic mass is 19.4. The molecule has 1 saturated heterocycles. The monoisotopic (exact) mass is 377 g/mol. The van der Waals surface area contributed by atoms with E-state index in [1.807, 2.05) is 7.05 Å². The fraction of sp³-hybridized carbons (Fsp3) is 0.571. The van der Waals surface area contributed by atoms with Crippen molar-refractivity contribution in [3.8, 4) is 0 Å². The fourth-order valence-corrected chi connectivity index (χ4v) is 2.66. The van der Waals surface area contributed by atoms with Crippen molar-refractivity contribution >= 4 is 17.1 Å². The summed E-state index contributed by atoms with van der Waals surface area (Å²) in [4.78, 5) is 24.4. The first-order valence-electron chi connectivity index (χ1n) is 7.78. The van der Waals surface area contributed by atoms with Crippen LogP contribution in [0.1, 0.15) is 5.56 Å². The summed E-state index contributed by atoms with van der Waals surface area (Å²) >= 11 is 0. The van der Waals surface area contributed by atoms with Gasteiger partial charge >= 0.3 is 6.18 Å². The molecular formula is C14H18F3N5O4. The van der Waals surface area contributed by atoms with Crippen LogP contribution in [-0.2, 0) is 6.18 Å². The Bertz CT molecular complexity index is 655. The first-order valence-corrected chi connectivity index (χ1v) is 7.78. The third-order valence-electron chi connectivity index (χ3n) is 4.14. The van der Waals surface area contributed by atoms with E-state index in [0.717, 1.165) is 26.2 Å². The number of likely N-dealkylation sites (N-methyl/N-ethyl adjacent to an activating group) is 1. The van der Waals surface area contributed by atoms with Crippen LogP contribution in [0.25, 0.3) is 0 Å². The summed E-state index contributed by atoms with van der Waals surface area (Å²) in [5, 5.41) is 24.8. The second kappa shape index (κ2) is 7.83. The molecule has 1 N–H and O–H groups in total. The minimum Gasteiger partial charge on any atom is -0.373 e. The Labute approximate surface area is 146 Å². The highest BCUT2D eigenvalue weighted by molar-refractivity contribution is 5.75. The average Bonchev–Trinajstić information content (AvgIpc) is 2.55. The van der Waals surface area contributed by atoms with Crippen molar-refractivity contribution in [3.63, 3.8) is 0 Å². The van der Waals surface area contributed by atoms with Crippen molar-refractivity contribution in [2.24, 2.45) is 0 Å². The summed E-state index contributed by atoms with van der Waals surface area (Å²) in [6, 6.07) is 0.621. The molecule has 0 bridgehead atoms. The van der Waals surface area contributed by atoms with Crippen LogP contribution in [0.3, 0.4) is 0 Å². The van der Waals surface area contributed by atoms with Gasteiger partial charge in [0.25, 0.3) is 11.4 Å². The molecule has 0 radical (unpaired) electrons. The first-order chi connectivity index (χ1) is 12.1. The summed E-state index contributed by atoms with van der Waals surface area (Å²) in [6.07, 6.45) is -4.92. The van der Waals surface area contributed by atoms with E-state index in [4.69, 9.17) is 0 Å². The van der Waals surface area contributed by atoms with E-state index < -0.39 is 38.6 Å². The lowest BCUT2D eigenvalue weighted by molar-refractivity contribution is -0.392. The van der Waals surface area contributed by atoms with Crippen molar-refractivity contribution in [3.05, 3.63) is 37.9 Å². The Balaban J connectivity index is 2.22. The molecule has 2 rings (SSSR count). The van der Waals surface area contributed by atoms with Gasteiger partial charge in [-0.2, -0.15) is 13.2 Å². The fourth-order valence-electron chi connectivity index (χ4n) is 2.66. The number of hydrogen-bond donors (Lipinski definition) is 1. The van der Waals surface area contributed by atoms with Gasteiger partial charge in [0, 0.05) is 51.4 Å². The van der Waals surface area contributed by atoms with Crippen LogP contribution >= 0.6 is 0 Å². The molecular weight excluding hydrogens is 359 g/mol. The van der Waals surface area contributed by atoms with Gasteiger partial charge in [-0.15, -0.1) is 0 Å². The standard InChI is InChI=1S/C14H18F3N5O4/c1-19-4-6-20(7-5-19)3-2-18-13-11(21(23)24)8-10(14(15,16)17)9-12(13)22(25)26/h8-9,18H,2-7H2,1H3. The zero-order valence-corrected chi connectivity index (χ0v) is 14.0. The lowest BCUT2D eigenvalue weighted by Crippen LogP contribution is -2.45. The molecule has 1 aromatic carbocycles. The molecule has 1 heterocycles. The van der Waals surface area contributed by atoms with Gasteiger partial charge in [-0.1, -0.05) is 0 Å². The number of nitro benzene ring substituents is 2. The Morgan fingerprint density at radius 1 is 1.08 bits per heavy atom. The predicted molar refractivity (Wildman–Crippen MR) is 87.2 cm³/mol. The second-order valence-electron chi connectivity index (χ2n) is 5.97. The van der Waals surface area contributed by atoms with Crippen LogP contribution in [0.2, 0.25) is 0 Å². The third kappa shape index (κ3) is 4.79. The molecule has 0 unspecified atom stereocenters. The number of hydrogen-bond acceptors (Lipinski definition) is 7. The van der Waals surface area contributed by atoms with Crippen LogP contribution < -0.4 is 5.32 Å². The van der Waals surface area contributed by atoms with Gasteiger partial charge < -0.3 is 10.2 Å². The van der Waals surface area contributed by atoms with E-state index in [1.54, 1.807) is 0 Å². The van der Waals surface area contributed by atoms with Crippen LogP contribution in [-0.4, -0.2) is 66.0 Å². The first kappa shape index (κ1) is 19.8. The van der Waals surface area contributed by atoms with Crippen molar-refractivity contribution in [1.82, 2.24) is 9.80 Å². The molecule has 9 nitrogen and oxygen atoms in total. The molecule has 26 heavy (non-hydrogen) atoms. The van der Waals surface area contributed by atoms with E-state index in [9.17, 15) is 33.4 Å². The average molecular weight is 377 g/mol. The minimum absolute atomic E-state index is 0.136. The lowest BCUT2D eigenvalue weighted by atomic mass is 10.1. The molecule has 0 spiro atoms. The van der Waals surface area contributed by atoms with Crippen LogP contribution in [0.4, 0.5) is 30.2 Å². The van der Waals surface area contributed by atoms with Gasteiger partial charge in [-0.3, -0.25) is 25.1 Å². The number of rotatable bonds is 6. The number of piperazine rings is 1. The number of nitrogens with zero attached hydrogens (tertiary/aromatic N) is 4. The molecule has 0 amide bonds. The summed E-state index contributed by atoms with van der Waals surface area (Å²) in [5.41, 5.74) is -3.88. The van der Waals surface area contributed by atoms with Gasteiger partial charge in [0.2, 0.25) is 0 Å². The highest BCUT2D eigenvalue weighted by Crippen LogP contribution is 2.41. The van der Waals surface area contributed by atoms with Gasteiger partial charge in [-0.25, -0.2) is 0 Å². The van der Waals surface area contributed by atoms with E-state index in [2.05, 4.69) is 15.1 Å². The zero-order chi connectivity index (χ0) is 19.5. The zero-order valence-electron chi connectivity index (χ0n) is 14.0. The van der Waals surface area contributed by atoms with E-state index in [-0.39, 0.29) is 6.54 Å². The molecule has 1 fully saturated rings. The SMILES string of the molecule is CN1CCN(CCNc2c([N+](=O)[O-])cc(C(F)(F)F)cc2[N+](=O)[O-])CC1. The molecule has 0 aliphatic carbocycles. The maximum atomic E-state index is 12.9. The molecule has 1 aliphatic rings. The molecule has 1 aliphatic heterocycles. The largest absolute Gasteiger partial charge is 0.416 e. The molecule has 1 aromatic rings. The number of nitro groups is 2. The Morgan fingerprint density at radius 2 is 1.58 bits per heavy atom.